The van der Waals surface area contributed by atoms with E-state index in [4.69, 9.17) is 9.47 Å². The highest BCUT2D eigenvalue weighted by molar-refractivity contribution is 5.85. The summed E-state index contributed by atoms with van der Waals surface area (Å²) in [6.45, 7) is 2.14. The number of aliphatic carboxylic acids is 1. The van der Waals surface area contributed by atoms with Gasteiger partial charge in [-0.3, -0.25) is 4.79 Å². The third-order valence-electron chi connectivity index (χ3n) is 3.39. The molecule has 0 atom stereocenters. The number of fused-ring (bicyclic) bond motifs is 1. The lowest BCUT2D eigenvalue weighted by Gasteiger charge is -2.14. The summed E-state index contributed by atoms with van der Waals surface area (Å²) in [5, 5.41) is 9.26. The highest BCUT2D eigenvalue weighted by Crippen LogP contribution is 2.51. The molecule has 1 fully saturated rings. The summed E-state index contributed by atoms with van der Waals surface area (Å²) in [5.74, 6) is 0.630. The van der Waals surface area contributed by atoms with Gasteiger partial charge in [-0.1, -0.05) is 0 Å². The predicted molar refractivity (Wildman–Crippen MR) is 55.8 cm³/mol. The molecule has 1 aliphatic carbocycles. The Morgan fingerprint density at radius 2 is 1.94 bits per heavy atom. The Labute approximate surface area is 92.8 Å². The van der Waals surface area contributed by atoms with Crippen LogP contribution in [0.3, 0.4) is 0 Å². The number of carboxylic acids is 1. The molecule has 1 heterocycles. The number of carbonyl (C=O) groups is 1. The zero-order valence-electron chi connectivity index (χ0n) is 8.95. The van der Waals surface area contributed by atoms with Gasteiger partial charge in [-0.05, 0) is 43.0 Å². The molecule has 0 saturated heterocycles. The monoisotopic (exact) mass is 220 g/mol. The summed E-state index contributed by atoms with van der Waals surface area (Å²) in [5.41, 5.74) is 1.15. The van der Waals surface area contributed by atoms with Gasteiger partial charge >= 0.3 is 5.97 Å². The molecule has 1 aliphatic heterocycles. The van der Waals surface area contributed by atoms with Crippen molar-refractivity contribution in [2.75, 3.05) is 6.79 Å². The molecule has 1 N–H and O–H groups in total. The van der Waals surface area contributed by atoms with E-state index in [9.17, 15) is 9.90 Å². The summed E-state index contributed by atoms with van der Waals surface area (Å²) in [6.07, 6.45) is 1.42. The summed E-state index contributed by atoms with van der Waals surface area (Å²) >= 11 is 0. The van der Waals surface area contributed by atoms with Gasteiger partial charge in [0.15, 0.2) is 11.5 Å². The number of ether oxygens (including phenoxy) is 2. The average molecular weight is 220 g/mol. The van der Waals surface area contributed by atoms with Crippen LogP contribution in [0, 0.1) is 6.92 Å². The standard InChI is InChI=1S/C12H12O4/c1-7-4-9-10(16-6-15-9)5-8(7)12(2-3-12)11(13)14/h4-5H,2-3,6H2,1H3,(H,13,14). The van der Waals surface area contributed by atoms with E-state index in [1.807, 2.05) is 19.1 Å². The zero-order valence-corrected chi connectivity index (χ0v) is 8.95. The van der Waals surface area contributed by atoms with E-state index < -0.39 is 11.4 Å². The molecule has 4 heteroatoms. The average Bonchev–Trinajstić information content (AvgIpc) is 2.92. The van der Waals surface area contributed by atoms with Gasteiger partial charge in [-0.15, -0.1) is 0 Å². The largest absolute Gasteiger partial charge is 0.481 e. The number of hydrogen-bond acceptors (Lipinski definition) is 3. The van der Waals surface area contributed by atoms with Gasteiger partial charge in [-0.2, -0.15) is 0 Å². The minimum Gasteiger partial charge on any atom is -0.481 e. The van der Waals surface area contributed by atoms with Crippen molar-refractivity contribution in [1.82, 2.24) is 0 Å². The minimum absolute atomic E-state index is 0.221. The second-order valence-corrected chi connectivity index (χ2v) is 4.41. The van der Waals surface area contributed by atoms with Gasteiger partial charge in [0.2, 0.25) is 6.79 Å². The first-order valence-corrected chi connectivity index (χ1v) is 5.28. The Bertz CT molecular complexity index is 474. The number of benzene rings is 1. The van der Waals surface area contributed by atoms with Gasteiger partial charge in [0.05, 0.1) is 5.41 Å². The van der Waals surface area contributed by atoms with Crippen LogP contribution in [0.5, 0.6) is 11.5 Å². The predicted octanol–water partition coefficient (Wildman–Crippen LogP) is 1.84. The molecule has 16 heavy (non-hydrogen) atoms. The molecule has 0 unspecified atom stereocenters. The fourth-order valence-corrected chi connectivity index (χ4v) is 2.28. The summed E-state index contributed by atoms with van der Waals surface area (Å²) < 4.78 is 10.5. The van der Waals surface area contributed by atoms with Crippen LogP contribution in [-0.4, -0.2) is 17.9 Å². The van der Waals surface area contributed by atoms with Gasteiger partial charge in [0.1, 0.15) is 0 Å². The normalized spacial score (nSPS) is 19.6. The van der Waals surface area contributed by atoms with Crippen molar-refractivity contribution in [2.45, 2.75) is 25.2 Å². The van der Waals surface area contributed by atoms with Crippen molar-refractivity contribution < 1.29 is 19.4 Å². The summed E-state index contributed by atoms with van der Waals surface area (Å²) in [4.78, 5) is 11.3. The van der Waals surface area contributed by atoms with Crippen molar-refractivity contribution in [2.24, 2.45) is 0 Å². The molecule has 1 saturated carbocycles. The zero-order chi connectivity index (χ0) is 11.3. The van der Waals surface area contributed by atoms with E-state index in [1.165, 1.54) is 0 Å². The second kappa shape index (κ2) is 2.90. The lowest BCUT2D eigenvalue weighted by molar-refractivity contribution is -0.140. The van der Waals surface area contributed by atoms with E-state index in [2.05, 4.69) is 0 Å². The van der Waals surface area contributed by atoms with Crippen LogP contribution in [0.1, 0.15) is 24.0 Å². The maximum absolute atomic E-state index is 11.3. The third kappa shape index (κ3) is 1.13. The van der Waals surface area contributed by atoms with Crippen LogP contribution in [-0.2, 0) is 10.2 Å². The minimum atomic E-state index is -0.741. The molecular formula is C12H12O4. The van der Waals surface area contributed by atoms with E-state index in [1.54, 1.807) is 0 Å². The first kappa shape index (κ1) is 9.51. The molecule has 0 spiro atoms. The maximum Gasteiger partial charge on any atom is 0.314 e. The Balaban J connectivity index is 2.12. The van der Waals surface area contributed by atoms with Gasteiger partial charge in [0.25, 0.3) is 0 Å². The molecule has 1 aromatic carbocycles. The highest BCUT2D eigenvalue weighted by Gasteiger charge is 2.52. The molecule has 0 amide bonds. The summed E-state index contributed by atoms with van der Waals surface area (Å²) in [6, 6.07) is 3.68. The maximum atomic E-state index is 11.3. The SMILES string of the molecule is Cc1cc2c(cc1C1(C(=O)O)CC1)OCO2. The van der Waals surface area contributed by atoms with E-state index in [-0.39, 0.29) is 6.79 Å². The summed E-state index contributed by atoms with van der Waals surface area (Å²) in [7, 11) is 0. The Kier molecular flexibility index (Phi) is 1.73. The van der Waals surface area contributed by atoms with Gasteiger partial charge in [-0.25, -0.2) is 0 Å². The van der Waals surface area contributed by atoms with E-state index in [0.29, 0.717) is 24.3 Å². The fraction of sp³-hybridized carbons (Fsp3) is 0.417. The lowest BCUT2D eigenvalue weighted by Crippen LogP contribution is -2.20. The molecule has 0 aromatic heterocycles. The first-order valence-electron chi connectivity index (χ1n) is 5.28. The third-order valence-corrected chi connectivity index (χ3v) is 3.39. The van der Waals surface area contributed by atoms with E-state index in [0.717, 1.165) is 11.1 Å². The first-order chi connectivity index (χ1) is 7.63. The Hall–Kier alpha value is -1.71. The van der Waals surface area contributed by atoms with Crippen LogP contribution >= 0.6 is 0 Å². The van der Waals surface area contributed by atoms with Crippen LogP contribution in [0.15, 0.2) is 12.1 Å². The van der Waals surface area contributed by atoms with E-state index >= 15 is 0 Å². The molecule has 84 valence electrons. The number of hydrogen-bond donors (Lipinski definition) is 1. The van der Waals surface area contributed by atoms with Crippen LogP contribution in [0.25, 0.3) is 0 Å². The van der Waals surface area contributed by atoms with Crippen molar-refractivity contribution >= 4 is 5.97 Å². The van der Waals surface area contributed by atoms with Gasteiger partial charge < -0.3 is 14.6 Å². The fourth-order valence-electron chi connectivity index (χ4n) is 2.28. The molecule has 4 nitrogen and oxygen atoms in total. The molecule has 3 rings (SSSR count). The molecule has 1 aromatic rings. The number of carboxylic acid groups (broad SMARTS) is 1. The van der Waals surface area contributed by atoms with Crippen molar-refractivity contribution in [3.63, 3.8) is 0 Å². The smallest absolute Gasteiger partial charge is 0.314 e. The van der Waals surface area contributed by atoms with Crippen molar-refractivity contribution in [3.05, 3.63) is 23.3 Å². The van der Waals surface area contributed by atoms with Crippen LogP contribution < -0.4 is 9.47 Å². The topological polar surface area (TPSA) is 55.8 Å². The van der Waals surface area contributed by atoms with Crippen molar-refractivity contribution in [1.29, 1.82) is 0 Å². The number of rotatable bonds is 2. The van der Waals surface area contributed by atoms with Gasteiger partial charge in [0, 0.05) is 0 Å². The highest BCUT2D eigenvalue weighted by atomic mass is 16.7. The van der Waals surface area contributed by atoms with Crippen LogP contribution in [0.4, 0.5) is 0 Å². The Morgan fingerprint density at radius 1 is 1.31 bits per heavy atom. The molecule has 0 bridgehead atoms. The quantitative estimate of drug-likeness (QED) is 0.826. The lowest BCUT2D eigenvalue weighted by atomic mass is 9.91. The second-order valence-electron chi connectivity index (χ2n) is 4.41. The molecule has 2 aliphatic rings. The molecular weight excluding hydrogens is 208 g/mol. The van der Waals surface area contributed by atoms with Crippen molar-refractivity contribution in [3.8, 4) is 11.5 Å². The Morgan fingerprint density at radius 3 is 2.50 bits per heavy atom. The molecule has 0 radical (unpaired) electrons. The number of aryl methyl sites for hydroxylation is 1. The van der Waals surface area contributed by atoms with Crippen LogP contribution in [0.2, 0.25) is 0 Å².